The van der Waals surface area contributed by atoms with Gasteiger partial charge in [0.2, 0.25) is 5.82 Å². The number of aryl methyl sites for hydroxylation is 1. The van der Waals surface area contributed by atoms with Crippen LogP contribution in [0, 0.1) is 0 Å². The van der Waals surface area contributed by atoms with Crippen LogP contribution in [0.25, 0.3) is 23.0 Å². The molecule has 100 valence electrons. The lowest BCUT2D eigenvalue weighted by molar-refractivity contribution is 0.0697. The lowest BCUT2D eigenvalue weighted by Gasteiger charge is -1.95. The molecule has 1 aromatic carbocycles. The molecule has 0 bridgehead atoms. The molecule has 0 radical (unpaired) electrons. The van der Waals surface area contributed by atoms with E-state index < -0.39 is 5.97 Å². The van der Waals surface area contributed by atoms with Crippen LogP contribution in [0.2, 0.25) is 0 Å². The first-order chi connectivity index (χ1) is 9.63. The lowest BCUT2D eigenvalue weighted by Crippen LogP contribution is -1.94. The number of aromatic nitrogens is 4. The Bertz CT molecular complexity index is 758. The second-order valence-electron chi connectivity index (χ2n) is 4.18. The Kier molecular flexibility index (Phi) is 2.79. The van der Waals surface area contributed by atoms with Crippen LogP contribution in [0.3, 0.4) is 0 Å². The molecule has 0 saturated carbocycles. The van der Waals surface area contributed by atoms with Crippen molar-refractivity contribution in [1.82, 2.24) is 19.9 Å². The van der Waals surface area contributed by atoms with Crippen molar-refractivity contribution < 1.29 is 14.4 Å². The van der Waals surface area contributed by atoms with Crippen LogP contribution in [-0.2, 0) is 7.05 Å². The van der Waals surface area contributed by atoms with Gasteiger partial charge in [-0.2, -0.15) is 10.1 Å². The second kappa shape index (κ2) is 4.61. The average Bonchev–Trinajstić information content (AvgIpc) is 3.07. The molecule has 2 aromatic heterocycles. The first kappa shape index (κ1) is 12.1. The summed E-state index contributed by atoms with van der Waals surface area (Å²) in [6.45, 7) is 0. The van der Waals surface area contributed by atoms with E-state index in [1.165, 1.54) is 12.1 Å². The number of carbonyl (C=O) groups is 1. The van der Waals surface area contributed by atoms with Crippen molar-refractivity contribution in [2.75, 3.05) is 0 Å². The van der Waals surface area contributed by atoms with Crippen LogP contribution in [0.15, 0.2) is 41.1 Å². The van der Waals surface area contributed by atoms with Gasteiger partial charge in [0, 0.05) is 18.8 Å². The topological polar surface area (TPSA) is 94.0 Å². The van der Waals surface area contributed by atoms with Crippen LogP contribution in [0.5, 0.6) is 0 Å². The summed E-state index contributed by atoms with van der Waals surface area (Å²) in [6, 6.07) is 8.01. The highest BCUT2D eigenvalue weighted by Crippen LogP contribution is 2.21. The van der Waals surface area contributed by atoms with Crippen LogP contribution >= 0.6 is 0 Å². The normalized spacial score (nSPS) is 10.7. The number of carboxylic acids is 1. The molecular weight excluding hydrogens is 260 g/mol. The molecule has 0 aliphatic carbocycles. The van der Waals surface area contributed by atoms with E-state index in [9.17, 15) is 4.79 Å². The Labute approximate surface area is 113 Å². The first-order valence-corrected chi connectivity index (χ1v) is 5.81. The van der Waals surface area contributed by atoms with E-state index in [-0.39, 0.29) is 5.56 Å². The minimum Gasteiger partial charge on any atom is -0.478 e. The summed E-state index contributed by atoms with van der Waals surface area (Å²) in [4.78, 5) is 15.0. The van der Waals surface area contributed by atoms with Crippen molar-refractivity contribution in [2.24, 2.45) is 7.05 Å². The van der Waals surface area contributed by atoms with Crippen LogP contribution in [0.1, 0.15) is 10.4 Å². The largest absolute Gasteiger partial charge is 0.478 e. The Morgan fingerprint density at radius 1 is 1.25 bits per heavy atom. The Hall–Kier alpha value is -2.96. The molecule has 0 aliphatic heterocycles. The highest BCUT2D eigenvalue weighted by molar-refractivity contribution is 5.88. The zero-order chi connectivity index (χ0) is 14.1. The number of hydrogen-bond acceptors (Lipinski definition) is 5. The van der Waals surface area contributed by atoms with Gasteiger partial charge in [-0.1, -0.05) is 5.16 Å². The molecule has 0 saturated heterocycles. The third-order valence-electron chi connectivity index (χ3n) is 2.75. The molecule has 2 heterocycles. The summed E-state index contributed by atoms with van der Waals surface area (Å²) < 4.78 is 6.80. The number of hydrogen-bond donors (Lipinski definition) is 1. The maximum Gasteiger partial charge on any atom is 0.335 e. The van der Waals surface area contributed by atoms with Crippen molar-refractivity contribution in [1.29, 1.82) is 0 Å². The minimum absolute atomic E-state index is 0.207. The molecule has 0 aliphatic rings. The summed E-state index contributed by atoms with van der Waals surface area (Å²) in [5.41, 5.74) is 1.48. The fourth-order valence-corrected chi connectivity index (χ4v) is 1.73. The van der Waals surface area contributed by atoms with Crippen molar-refractivity contribution in [3.05, 3.63) is 42.1 Å². The summed E-state index contributed by atoms with van der Waals surface area (Å²) >= 11 is 0. The highest BCUT2D eigenvalue weighted by Gasteiger charge is 2.13. The molecule has 7 heteroatoms. The molecule has 3 aromatic rings. The van der Waals surface area contributed by atoms with Crippen molar-refractivity contribution in [3.8, 4) is 23.0 Å². The van der Waals surface area contributed by atoms with Crippen LogP contribution in [0.4, 0.5) is 0 Å². The summed E-state index contributed by atoms with van der Waals surface area (Å²) in [6.07, 6.45) is 1.78. The number of aromatic carboxylic acids is 1. The minimum atomic E-state index is -0.976. The van der Waals surface area contributed by atoms with Crippen LogP contribution in [-0.4, -0.2) is 31.0 Å². The van der Waals surface area contributed by atoms with E-state index in [1.807, 2.05) is 0 Å². The quantitative estimate of drug-likeness (QED) is 0.780. The van der Waals surface area contributed by atoms with Gasteiger partial charge >= 0.3 is 5.97 Å². The summed E-state index contributed by atoms with van der Waals surface area (Å²) in [5, 5.41) is 16.9. The Balaban J connectivity index is 1.91. The average molecular weight is 270 g/mol. The first-order valence-electron chi connectivity index (χ1n) is 5.81. The zero-order valence-electron chi connectivity index (χ0n) is 10.5. The maximum absolute atomic E-state index is 10.8. The van der Waals surface area contributed by atoms with Crippen molar-refractivity contribution in [2.45, 2.75) is 0 Å². The Morgan fingerprint density at radius 3 is 2.60 bits per heavy atom. The van der Waals surface area contributed by atoms with Gasteiger partial charge in [0.25, 0.3) is 5.89 Å². The predicted octanol–water partition coefficient (Wildman–Crippen LogP) is 1.84. The zero-order valence-corrected chi connectivity index (χ0v) is 10.5. The van der Waals surface area contributed by atoms with Gasteiger partial charge in [-0.3, -0.25) is 4.68 Å². The molecule has 3 rings (SSSR count). The molecule has 0 atom stereocenters. The van der Waals surface area contributed by atoms with Gasteiger partial charge in [-0.25, -0.2) is 4.79 Å². The molecule has 0 unspecified atom stereocenters. The standard InChI is InChI=1S/C13H10N4O3/c1-17-7-6-10(15-17)11-14-12(20-16-11)8-2-4-9(5-3-8)13(18)19/h2-7H,1H3,(H,18,19). The van der Waals surface area contributed by atoms with E-state index in [0.29, 0.717) is 23.0 Å². The summed E-state index contributed by atoms with van der Waals surface area (Å²) in [7, 11) is 1.80. The number of carboxylic acid groups (broad SMARTS) is 1. The summed E-state index contributed by atoms with van der Waals surface area (Å²) in [5.74, 6) is -0.262. The molecule has 1 N–H and O–H groups in total. The third kappa shape index (κ3) is 2.16. The van der Waals surface area contributed by atoms with E-state index in [2.05, 4.69) is 15.2 Å². The van der Waals surface area contributed by atoms with Gasteiger partial charge < -0.3 is 9.63 Å². The lowest BCUT2D eigenvalue weighted by atomic mass is 10.1. The van der Waals surface area contributed by atoms with Gasteiger partial charge in [-0.15, -0.1) is 0 Å². The van der Waals surface area contributed by atoms with Gasteiger partial charge in [0.15, 0.2) is 0 Å². The van der Waals surface area contributed by atoms with E-state index in [1.54, 1.807) is 36.1 Å². The van der Waals surface area contributed by atoms with Gasteiger partial charge in [0.1, 0.15) is 5.69 Å². The Morgan fingerprint density at radius 2 is 2.00 bits per heavy atom. The smallest absolute Gasteiger partial charge is 0.335 e. The second-order valence-corrected chi connectivity index (χ2v) is 4.18. The van der Waals surface area contributed by atoms with Gasteiger partial charge in [-0.05, 0) is 30.3 Å². The monoisotopic (exact) mass is 270 g/mol. The third-order valence-corrected chi connectivity index (χ3v) is 2.75. The molecule has 0 fully saturated rings. The van der Waals surface area contributed by atoms with E-state index in [0.717, 1.165) is 0 Å². The number of benzene rings is 1. The SMILES string of the molecule is Cn1ccc(-c2noc(-c3ccc(C(=O)O)cc3)n2)n1. The molecule has 0 amide bonds. The molecule has 0 spiro atoms. The molecule has 20 heavy (non-hydrogen) atoms. The number of nitrogens with zero attached hydrogens (tertiary/aromatic N) is 4. The maximum atomic E-state index is 10.8. The van der Waals surface area contributed by atoms with E-state index >= 15 is 0 Å². The fourth-order valence-electron chi connectivity index (χ4n) is 1.73. The van der Waals surface area contributed by atoms with Crippen molar-refractivity contribution in [3.63, 3.8) is 0 Å². The van der Waals surface area contributed by atoms with Crippen LogP contribution < -0.4 is 0 Å². The fraction of sp³-hybridized carbons (Fsp3) is 0.0769. The van der Waals surface area contributed by atoms with E-state index in [4.69, 9.17) is 9.63 Å². The number of rotatable bonds is 3. The predicted molar refractivity (Wildman–Crippen MR) is 68.9 cm³/mol. The van der Waals surface area contributed by atoms with Crippen molar-refractivity contribution >= 4 is 5.97 Å². The van der Waals surface area contributed by atoms with Gasteiger partial charge in [0.05, 0.1) is 5.56 Å². The molecular formula is C13H10N4O3. The highest BCUT2D eigenvalue weighted by atomic mass is 16.5. The molecule has 7 nitrogen and oxygen atoms in total.